The van der Waals surface area contributed by atoms with Gasteiger partial charge in [-0.2, -0.15) is 5.10 Å². The Morgan fingerprint density at radius 3 is 2.87 bits per heavy atom. The first-order valence-electron chi connectivity index (χ1n) is 4.88. The first kappa shape index (κ1) is 9.79. The molecule has 0 aliphatic carbocycles. The second-order valence-electron chi connectivity index (χ2n) is 3.15. The van der Waals surface area contributed by atoms with Crippen molar-refractivity contribution in [3.63, 3.8) is 0 Å². The molecule has 0 atom stereocenters. The molecule has 0 spiro atoms. The van der Waals surface area contributed by atoms with Crippen LogP contribution in [0.15, 0.2) is 24.8 Å². The molecule has 0 fully saturated rings. The highest BCUT2D eigenvalue weighted by Crippen LogP contribution is 2.18. The molecule has 0 aliphatic heterocycles. The van der Waals surface area contributed by atoms with E-state index in [0.29, 0.717) is 6.54 Å². The lowest BCUT2D eigenvalue weighted by atomic mass is 10.2. The van der Waals surface area contributed by atoms with Gasteiger partial charge in [-0.05, 0) is 6.92 Å². The maximum atomic E-state index is 5.65. The van der Waals surface area contributed by atoms with E-state index in [4.69, 9.17) is 5.73 Å². The number of hydrogen-bond acceptors (Lipinski definition) is 4. The van der Waals surface area contributed by atoms with Crippen molar-refractivity contribution in [2.75, 3.05) is 0 Å². The van der Waals surface area contributed by atoms with Crippen LogP contribution in [0.2, 0.25) is 0 Å². The summed E-state index contributed by atoms with van der Waals surface area (Å²) < 4.78 is 1.85. The van der Waals surface area contributed by atoms with Gasteiger partial charge in [-0.15, -0.1) is 0 Å². The van der Waals surface area contributed by atoms with Crippen LogP contribution >= 0.6 is 0 Å². The second kappa shape index (κ2) is 4.18. The van der Waals surface area contributed by atoms with Crippen LogP contribution in [0, 0.1) is 0 Å². The molecule has 0 amide bonds. The standard InChI is InChI=1S/C10H13N5/c1-2-15-7-8(5-11)10(14-15)9-6-12-3-4-13-9/h3-4,6-7H,2,5,11H2,1H3. The number of aromatic nitrogens is 4. The molecule has 0 saturated carbocycles. The van der Waals surface area contributed by atoms with Crippen molar-refractivity contribution >= 4 is 0 Å². The van der Waals surface area contributed by atoms with Crippen LogP contribution in [0.25, 0.3) is 11.4 Å². The minimum atomic E-state index is 0.464. The van der Waals surface area contributed by atoms with Crippen LogP contribution in [-0.2, 0) is 13.1 Å². The number of hydrogen-bond donors (Lipinski definition) is 1. The number of rotatable bonds is 3. The lowest BCUT2D eigenvalue weighted by molar-refractivity contribution is 0.660. The molecule has 2 aromatic heterocycles. The lowest BCUT2D eigenvalue weighted by Gasteiger charge is -1.96. The second-order valence-corrected chi connectivity index (χ2v) is 3.15. The Labute approximate surface area is 88.0 Å². The van der Waals surface area contributed by atoms with E-state index in [9.17, 15) is 0 Å². The third-order valence-corrected chi connectivity index (χ3v) is 2.19. The largest absolute Gasteiger partial charge is 0.326 e. The Kier molecular flexibility index (Phi) is 2.73. The highest BCUT2D eigenvalue weighted by Gasteiger charge is 2.10. The maximum absolute atomic E-state index is 5.65. The van der Waals surface area contributed by atoms with Gasteiger partial charge in [0.2, 0.25) is 0 Å². The van der Waals surface area contributed by atoms with Gasteiger partial charge in [-0.25, -0.2) is 0 Å². The topological polar surface area (TPSA) is 69.6 Å². The van der Waals surface area contributed by atoms with E-state index < -0.39 is 0 Å². The minimum absolute atomic E-state index is 0.464. The summed E-state index contributed by atoms with van der Waals surface area (Å²) in [4.78, 5) is 8.23. The zero-order valence-corrected chi connectivity index (χ0v) is 8.59. The Bertz CT molecular complexity index is 434. The molecule has 0 aromatic carbocycles. The predicted molar refractivity (Wildman–Crippen MR) is 56.8 cm³/mol. The molecule has 0 unspecified atom stereocenters. The van der Waals surface area contributed by atoms with Crippen molar-refractivity contribution in [1.82, 2.24) is 19.7 Å². The fourth-order valence-corrected chi connectivity index (χ4v) is 1.41. The molecule has 0 saturated heterocycles. The summed E-state index contributed by atoms with van der Waals surface area (Å²) in [6.07, 6.45) is 6.94. The van der Waals surface area contributed by atoms with Gasteiger partial charge in [0.15, 0.2) is 0 Å². The molecule has 2 aromatic rings. The van der Waals surface area contributed by atoms with E-state index in [2.05, 4.69) is 15.1 Å². The average Bonchev–Trinajstić information content (AvgIpc) is 2.73. The molecule has 5 nitrogen and oxygen atoms in total. The third kappa shape index (κ3) is 1.87. The number of nitrogens with zero attached hydrogens (tertiary/aromatic N) is 4. The Hall–Kier alpha value is -1.75. The molecule has 0 bridgehead atoms. The van der Waals surface area contributed by atoms with Gasteiger partial charge in [0, 0.05) is 37.2 Å². The van der Waals surface area contributed by atoms with Crippen LogP contribution in [0.1, 0.15) is 12.5 Å². The molecule has 78 valence electrons. The normalized spacial score (nSPS) is 10.5. The number of aryl methyl sites for hydroxylation is 1. The van der Waals surface area contributed by atoms with Gasteiger partial charge < -0.3 is 5.73 Å². The summed E-state index contributed by atoms with van der Waals surface area (Å²) >= 11 is 0. The van der Waals surface area contributed by atoms with E-state index in [-0.39, 0.29) is 0 Å². The highest BCUT2D eigenvalue weighted by atomic mass is 15.3. The maximum Gasteiger partial charge on any atom is 0.117 e. The molecule has 2 N–H and O–H groups in total. The van der Waals surface area contributed by atoms with E-state index in [1.54, 1.807) is 18.6 Å². The summed E-state index contributed by atoms with van der Waals surface area (Å²) in [6.45, 7) is 3.33. The zero-order valence-electron chi connectivity index (χ0n) is 8.59. The first-order chi connectivity index (χ1) is 7.35. The predicted octanol–water partition coefficient (Wildman–Crippen LogP) is 0.819. The van der Waals surface area contributed by atoms with E-state index in [0.717, 1.165) is 23.5 Å². The highest BCUT2D eigenvalue weighted by molar-refractivity contribution is 5.56. The molecule has 0 aliphatic rings. The van der Waals surface area contributed by atoms with Crippen LogP contribution in [-0.4, -0.2) is 19.7 Å². The van der Waals surface area contributed by atoms with Gasteiger partial charge in [0.1, 0.15) is 11.4 Å². The van der Waals surface area contributed by atoms with Crippen LogP contribution < -0.4 is 5.73 Å². The van der Waals surface area contributed by atoms with Crippen molar-refractivity contribution in [1.29, 1.82) is 0 Å². The van der Waals surface area contributed by atoms with Crippen molar-refractivity contribution in [2.24, 2.45) is 5.73 Å². The van der Waals surface area contributed by atoms with Gasteiger partial charge >= 0.3 is 0 Å². The summed E-state index contributed by atoms with van der Waals surface area (Å²) in [5, 5.41) is 4.40. The van der Waals surface area contributed by atoms with Gasteiger partial charge in [-0.1, -0.05) is 0 Å². The first-order valence-corrected chi connectivity index (χ1v) is 4.88. The molecule has 2 heterocycles. The Balaban J connectivity index is 2.47. The molecule has 0 radical (unpaired) electrons. The van der Waals surface area contributed by atoms with E-state index in [1.807, 2.05) is 17.8 Å². The molecule has 15 heavy (non-hydrogen) atoms. The van der Waals surface area contributed by atoms with Crippen molar-refractivity contribution in [3.05, 3.63) is 30.4 Å². The lowest BCUT2D eigenvalue weighted by Crippen LogP contribution is -1.97. The van der Waals surface area contributed by atoms with Crippen LogP contribution in [0.3, 0.4) is 0 Å². The summed E-state index contributed by atoms with van der Waals surface area (Å²) in [5.41, 5.74) is 8.25. The van der Waals surface area contributed by atoms with Crippen molar-refractivity contribution in [3.8, 4) is 11.4 Å². The third-order valence-electron chi connectivity index (χ3n) is 2.19. The number of nitrogens with two attached hydrogens (primary N) is 1. The minimum Gasteiger partial charge on any atom is -0.326 e. The van der Waals surface area contributed by atoms with E-state index in [1.165, 1.54) is 0 Å². The monoisotopic (exact) mass is 203 g/mol. The van der Waals surface area contributed by atoms with Crippen molar-refractivity contribution in [2.45, 2.75) is 20.0 Å². The SMILES string of the molecule is CCn1cc(CN)c(-c2cnccn2)n1. The Morgan fingerprint density at radius 2 is 2.27 bits per heavy atom. The fraction of sp³-hybridized carbons (Fsp3) is 0.300. The molecule has 2 rings (SSSR count). The summed E-state index contributed by atoms with van der Waals surface area (Å²) in [5.74, 6) is 0. The Morgan fingerprint density at radius 1 is 1.40 bits per heavy atom. The molecular formula is C10H13N5. The molecular weight excluding hydrogens is 190 g/mol. The molecule has 5 heteroatoms. The average molecular weight is 203 g/mol. The van der Waals surface area contributed by atoms with Crippen LogP contribution in [0.5, 0.6) is 0 Å². The van der Waals surface area contributed by atoms with Gasteiger partial charge in [0.05, 0.1) is 6.20 Å². The van der Waals surface area contributed by atoms with Crippen molar-refractivity contribution < 1.29 is 0 Å². The van der Waals surface area contributed by atoms with E-state index >= 15 is 0 Å². The van der Waals surface area contributed by atoms with Gasteiger partial charge in [0.25, 0.3) is 0 Å². The summed E-state index contributed by atoms with van der Waals surface area (Å²) in [6, 6.07) is 0. The van der Waals surface area contributed by atoms with Crippen LogP contribution in [0.4, 0.5) is 0 Å². The smallest absolute Gasteiger partial charge is 0.117 e. The summed E-state index contributed by atoms with van der Waals surface area (Å²) in [7, 11) is 0. The van der Waals surface area contributed by atoms with Gasteiger partial charge in [-0.3, -0.25) is 14.6 Å². The quantitative estimate of drug-likeness (QED) is 0.801. The fourth-order valence-electron chi connectivity index (χ4n) is 1.41. The zero-order chi connectivity index (χ0) is 10.7.